The van der Waals surface area contributed by atoms with Crippen molar-refractivity contribution in [2.24, 2.45) is 0 Å². The number of para-hydroxylation sites is 1. The van der Waals surface area contributed by atoms with E-state index in [1.165, 1.54) is 5.56 Å². The van der Waals surface area contributed by atoms with Gasteiger partial charge in [0.25, 0.3) is 0 Å². The van der Waals surface area contributed by atoms with Crippen molar-refractivity contribution in [3.8, 4) is 5.69 Å². The van der Waals surface area contributed by atoms with E-state index in [1.54, 1.807) is 11.0 Å². The Bertz CT molecular complexity index is 824. The lowest BCUT2D eigenvalue weighted by molar-refractivity contribution is 0.194. The topological polar surface area (TPSA) is 64.9 Å². The monoisotopic (exact) mass is 321 g/mol. The number of benzene rings is 1. The molecular weight excluding hydrogens is 302 g/mol. The average molecular weight is 321 g/mol. The third kappa shape index (κ3) is 3.00. The molecule has 1 N–H and O–H groups in total. The van der Waals surface area contributed by atoms with E-state index in [0.29, 0.717) is 11.9 Å². The number of anilines is 2. The minimum atomic E-state index is 0.425. The molecule has 24 heavy (non-hydrogen) atoms. The summed E-state index contributed by atoms with van der Waals surface area (Å²) in [6, 6.07) is 12.0. The van der Waals surface area contributed by atoms with Gasteiger partial charge in [-0.15, -0.1) is 5.10 Å². The highest BCUT2D eigenvalue weighted by molar-refractivity contribution is 5.57. The maximum absolute atomic E-state index is 5.48. The van der Waals surface area contributed by atoms with Crippen LogP contribution >= 0.6 is 0 Å². The van der Waals surface area contributed by atoms with Gasteiger partial charge in [-0.25, -0.2) is 4.68 Å². The van der Waals surface area contributed by atoms with Crippen LogP contribution < -0.4 is 5.32 Å². The van der Waals surface area contributed by atoms with Gasteiger partial charge in [0.05, 0.1) is 23.7 Å². The van der Waals surface area contributed by atoms with Gasteiger partial charge in [0.15, 0.2) is 0 Å². The Kier molecular flexibility index (Phi) is 3.96. The van der Waals surface area contributed by atoms with Crippen molar-refractivity contribution in [1.82, 2.24) is 19.7 Å². The van der Waals surface area contributed by atoms with Crippen molar-refractivity contribution in [1.29, 1.82) is 0 Å². The highest BCUT2D eigenvalue weighted by atomic mass is 16.5. The van der Waals surface area contributed by atoms with E-state index in [4.69, 9.17) is 4.74 Å². The van der Waals surface area contributed by atoms with Crippen LogP contribution in [0.2, 0.25) is 0 Å². The first-order valence-corrected chi connectivity index (χ1v) is 8.08. The smallest absolute Gasteiger partial charge is 0.247 e. The van der Waals surface area contributed by atoms with Crippen LogP contribution in [0.25, 0.3) is 5.69 Å². The van der Waals surface area contributed by atoms with E-state index in [9.17, 15) is 0 Å². The fourth-order valence-electron chi connectivity index (χ4n) is 2.84. The standard InChI is InChI=1S/C18H19N5O/c1-13-17(9-15(10-19-13)14-7-8-24-11-14)21-18-20-12-23(22-18)16-5-3-2-4-6-16/h2-6,9-10,12,14H,7-8,11H2,1H3,(H,21,22)/t14-/m0/s1. The van der Waals surface area contributed by atoms with E-state index >= 15 is 0 Å². The van der Waals surface area contributed by atoms with Gasteiger partial charge in [0.1, 0.15) is 6.33 Å². The molecule has 1 saturated heterocycles. The molecule has 0 amide bonds. The number of rotatable bonds is 4. The van der Waals surface area contributed by atoms with Crippen LogP contribution in [-0.4, -0.2) is 33.0 Å². The fraction of sp³-hybridized carbons (Fsp3) is 0.278. The molecule has 0 bridgehead atoms. The molecule has 3 aromatic rings. The van der Waals surface area contributed by atoms with E-state index in [0.717, 1.165) is 36.7 Å². The van der Waals surface area contributed by atoms with Crippen LogP contribution in [0, 0.1) is 6.92 Å². The number of aromatic nitrogens is 4. The summed E-state index contributed by atoms with van der Waals surface area (Å²) in [5.41, 5.74) is 4.03. The Labute approximate surface area is 140 Å². The molecule has 6 nitrogen and oxygen atoms in total. The molecule has 0 aliphatic carbocycles. The summed E-state index contributed by atoms with van der Waals surface area (Å²) >= 11 is 0. The average Bonchev–Trinajstić information content (AvgIpc) is 3.29. The van der Waals surface area contributed by atoms with Crippen molar-refractivity contribution in [3.63, 3.8) is 0 Å². The van der Waals surface area contributed by atoms with Crippen LogP contribution in [0.15, 0.2) is 48.9 Å². The SMILES string of the molecule is Cc1ncc([C@H]2CCOC2)cc1Nc1ncn(-c2ccccc2)n1. The Morgan fingerprint density at radius 1 is 1.21 bits per heavy atom. The van der Waals surface area contributed by atoms with Gasteiger partial charge >= 0.3 is 0 Å². The molecule has 0 unspecified atom stereocenters. The molecule has 1 aliphatic rings. The molecule has 2 aromatic heterocycles. The maximum Gasteiger partial charge on any atom is 0.247 e. The van der Waals surface area contributed by atoms with Crippen LogP contribution in [0.3, 0.4) is 0 Å². The molecule has 1 atom stereocenters. The van der Waals surface area contributed by atoms with Gasteiger partial charge in [-0.2, -0.15) is 4.98 Å². The van der Waals surface area contributed by atoms with Crippen LogP contribution in [-0.2, 0) is 4.74 Å². The summed E-state index contributed by atoms with van der Waals surface area (Å²) in [4.78, 5) is 8.85. The minimum absolute atomic E-state index is 0.425. The fourth-order valence-corrected chi connectivity index (χ4v) is 2.84. The van der Waals surface area contributed by atoms with E-state index in [-0.39, 0.29) is 0 Å². The van der Waals surface area contributed by atoms with Crippen molar-refractivity contribution >= 4 is 11.6 Å². The number of aryl methyl sites for hydroxylation is 1. The van der Waals surface area contributed by atoms with Crippen molar-refractivity contribution < 1.29 is 4.74 Å². The molecule has 1 aliphatic heterocycles. The summed E-state index contributed by atoms with van der Waals surface area (Å²) in [5.74, 6) is 0.983. The Morgan fingerprint density at radius 2 is 2.08 bits per heavy atom. The van der Waals surface area contributed by atoms with Crippen LogP contribution in [0.5, 0.6) is 0 Å². The van der Waals surface area contributed by atoms with Gasteiger partial charge in [-0.3, -0.25) is 4.98 Å². The second-order valence-electron chi connectivity index (χ2n) is 5.94. The number of nitrogens with zero attached hydrogens (tertiary/aromatic N) is 4. The maximum atomic E-state index is 5.48. The Balaban J connectivity index is 1.57. The largest absolute Gasteiger partial charge is 0.381 e. The van der Waals surface area contributed by atoms with Gasteiger partial charge in [0.2, 0.25) is 5.95 Å². The van der Waals surface area contributed by atoms with Gasteiger partial charge in [-0.05, 0) is 37.1 Å². The van der Waals surface area contributed by atoms with Crippen molar-refractivity contribution in [2.75, 3.05) is 18.5 Å². The number of ether oxygens (including phenoxy) is 1. The van der Waals surface area contributed by atoms with E-state index < -0.39 is 0 Å². The second-order valence-corrected chi connectivity index (χ2v) is 5.94. The summed E-state index contributed by atoms with van der Waals surface area (Å²) in [6.45, 7) is 3.57. The first-order chi connectivity index (χ1) is 11.8. The predicted molar refractivity (Wildman–Crippen MR) is 91.8 cm³/mol. The quantitative estimate of drug-likeness (QED) is 0.799. The predicted octanol–water partition coefficient (Wildman–Crippen LogP) is 3.22. The Morgan fingerprint density at radius 3 is 2.88 bits per heavy atom. The molecule has 122 valence electrons. The third-order valence-electron chi connectivity index (χ3n) is 4.27. The number of hydrogen-bond donors (Lipinski definition) is 1. The first-order valence-electron chi connectivity index (χ1n) is 8.08. The third-order valence-corrected chi connectivity index (χ3v) is 4.27. The highest BCUT2D eigenvalue weighted by Crippen LogP contribution is 2.28. The van der Waals surface area contributed by atoms with Crippen LogP contribution in [0.4, 0.5) is 11.6 Å². The number of nitrogens with one attached hydrogen (secondary N) is 1. The van der Waals surface area contributed by atoms with Gasteiger partial charge in [-0.1, -0.05) is 18.2 Å². The molecular formula is C18H19N5O. The zero-order valence-corrected chi connectivity index (χ0v) is 13.5. The Hall–Kier alpha value is -2.73. The van der Waals surface area contributed by atoms with Crippen molar-refractivity contribution in [2.45, 2.75) is 19.3 Å². The minimum Gasteiger partial charge on any atom is -0.381 e. The molecule has 1 fully saturated rings. The second kappa shape index (κ2) is 6.41. The van der Waals surface area contributed by atoms with Crippen molar-refractivity contribution in [3.05, 3.63) is 60.2 Å². The summed E-state index contributed by atoms with van der Waals surface area (Å²) in [5, 5.41) is 7.77. The van der Waals surface area contributed by atoms with E-state index in [2.05, 4.69) is 26.4 Å². The summed E-state index contributed by atoms with van der Waals surface area (Å²) < 4.78 is 7.23. The molecule has 4 rings (SSSR count). The van der Waals surface area contributed by atoms with Crippen LogP contribution in [0.1, 0.15) is 23.6 Å². The molecule has 0 spiro atoms. The first kappa shape index (κ1) is 14.8. The lowest BCUT2D eigenvalue weighted by Crippen LogP contribution is -2.03. The van der Waals surface area contributed by atoms with E-state index in [1.807, 2.05) is 43.5 Å². The van der Waals surface area contributed by atoms with Gasteiger partial charge < -0.3 is 10.1 Å². The molecule has 1 aromatic carbocycles. The molecule has 0 saturated carbocycles. The number of hydrogen-bond acceptors (Lipinski definition) is 5. The summed E-state index contributed by atoms with van der Waals surface area (Å²) in [7, 11) is 0. The zero-order valence-electron chi connectivity index (χ0n) is 13.5. The van der Waals surface area contributed by atoms with Gasteiger partial charge in [0, 0.05) is 18.7 Å². The lowest BCUT2D eigenvalue weighted by Gasteiger charge is -2.12. The number of pyridine rings is 1. The zero-order chi connectivity index (χ0) is 16.4. The molecule has 6 heteroatoms. The molecule has 3 heterocycles. The normalized spacial score (nSPS) is 17.1. The lowest BCUT2D eigenvalue weighted by atomic mass is 10.00. The summed E-state index contributed by atoms with van der Waals surface area (Å²) in [6.07, 6.45) is 4.69. The highest BCUT2D eigenvalue weighted by Gasteiger charge is 2.19. The molecule has 0 radical (unpaired) electrons.